The molecular formula is C6H16ClNO3. The minimum atomic E-state index is -0.833. The van der Waals surface area contributed by atoms with E-state index in [2.05, 4.69) is 0 Å². The highest BCUT2D eigenvalue weighted by Crippen LogP contribution is 2.04. The zero-order valence-electron chi connectivity index (χ0n) is 6.93. The Labute approximate surface area is 72.9 Å². The molecule has 0 bridgehead atoms. The van der Waals surface area contributed by atoms with Crippen molar-refractivity contribution in [3.05, 3.63) is 0 Å². The van der Waals surface area contributed by atoms with Gasteiger partial charge in [0.25, 0.3) is 0 Å². The molecule has 4 nitrogen and oxygen atoms in total. The molecule has 0 saturated carbocycles. The fourth-order valence-corrected chi connectivity index (χ4v) is 0.937. The van der Waals surface area contributed by atoms with Gasteiger partial charge < -0.3 is 15.3 Å². The third kappa shape index (κ3) is 4.55. The predicted octanol–water partition coefficient (Wildman–Crippen LogP) is -0.275. The summed E-state index contributed by atoms with van der Waals surface area (Å²) in [6.45, 7) is 4.46. The summed E-state index contributed by atoms with van der Waals surface area (Å²) in [4.78, 5) is 1.17. The molecule has 0 spiro atoms. The molecule has 0 fully saturated rings. The number of rotatable bonds is 3. The smallest absolute Gasteiger partial charge is 0.108 e. The Bertz CT molecular complexity index is 78.8. The van der Waals surface area contributed by atoms with Crippen molar-refractivity contribution in [1.29, 1.82) is 0 Å². The average Bonchev–Trinajstić information content (AvgIpc) is 1.59. The molecule has 0 aliphatic carbocycles. The molecule has 11 heavy (non-hydrogen) atoms. The molecule has 0 aromatic carbocycles. The molecule has 0 aromatic rings. The lowest BCUT2D eigenvalue weighted by Gasteiger charge is -2.30. The maximum atomic E-state index is 8.96. The van der Waals surface area contributed by atoms with Crippen LogP contribution >= 0.6 is 12.4 Å². The van der Waals surface area contributed by atoms with Crippen molar-refractivity contribution in [3.8, 4) is 0 Å². The molecule has 3 N–H and O–H groups in total. The third-order valence-electron chi connectivity index (χ3n) is 1.29. The first-order chi connectivity index (χ1) is 4.46. The zero-order chi connectivity index (χ0) is 8.31. The minimum absolute atomic E-state index is 0. The van der Waals surface area contributed by atoms with Crippen LogP contribution in [-0.4, -0.2) is 38.9 Å². The van der Waals surface area contributed by atoms with E-state index in [1.165, 1.54) is 25.7 Å². The van der Waals surface area contributed by atoms with Gasteiger partial charge in [-0.15, -0.1) is 12.4 Å². The lowest BCUT2D eigenvalue weighted by Crippen LogP contribution is -2.45. The second kappa shape index (κ2) is 5.74. The van der Waals surface area contributed by atoms with Crippen LogP contribution < -0.4 is 0 Å². The molecular weight excluding hydrogens is 170 g/mol. The van der Waals surface area contributed by atoms with Gasteiger partial charge in [0.2, 0.25) is 0 Å². The van der Waals surface area contributed by atoms with E-state index < -0.39 is 18.7 Å². The Morgan fingerprint density at radius 2 is 1.00 bits per heavy atom. The molecule has 5 heteroatoms. The van der Waals surface area contributed by atoms with Gasteiger partial charge in [-0.2, -0.15) is 0 Å². The summed E-state index contributed by atoms with van der Waals surface area (Å²) in [6, 6.07) is 0. The maximum absolute atomic E-state index is 8.96. The fraction of sp³-hybridized carbons (Fsp3) is 1.00. The van der Waals surface area contributed by atoms with Gasteiger partial charge in [-0.25, -0.2) is 4.90 Å². The summed E-state index contributed by atoms with van der Waals surface area (Å²) >= 11 is 0. The van der Waals surface area contributed by atoms with E-state index in [0.717, 1.165) is 0 Å². The molecule has 0 heterocycles. The molecule has 3 unspecified atom stereocenters. The topological polar surface area (TPSA) is 63.9 Å². The molecule has 0 aromatic heterocycles. The second-order valence-electron chi connectivity index (χ2n) is 2.34. The highest BCUT2D eigenvalue weighted by Gasteiger charge is 2.19. The van der Waals surface area contributed by atoms with Crippen LogP contribution in [-0.2, 0) is 0 Å². The number of aliphatic hydroxyl groups excluding tert-OH is 3. The first kappa shape index (κ1) is 13.7. The monoisotopic (exact) mass is 185 g/mol. The molecule has 70 valence electrons. The number of hydrogen-bond donors (Lipinski definition) is 3. The van der Waals surface area contributed by atoms with Crippen molar-refractivity contribution in [2.45, 2.75) is 39.5 Å². The van der Waals surface area contributed by atoms with Gasteiger partial charge in [0, 0.05) is 0 Å². The van der Waals surface area contributed by atoms with Crippen LogP contribution in [0.25, 0.3) is 0 Å². The van der Waals surface area contributed by atoms with Crippen LogP contribution in [0.2, 0.25) is 0 Å². The molecule has 3 atom stereocenters. The molecule has 0 radical (unpaired) electrons. The minimum Gasteiger partial charge on any atom is -0.379 e. The lowest BCUT2D eigenvalue weighted by atomic mass is 10.4. The summed E-state index contributed by atoms with van der Waals surface area (Å²) in [5.41, 5.74) is 0. The molecule has 0 aliphatic heterocycles. The largest absolute Gasteiger partial charge is 0.379 e. The fourth-order valence-electron chi connectivity index (χ4n) is 0.937. The number of nitrogens with zero attached hydrogens (tertiary/aromatic N) is 1. The van der Waals surface area contributed by atoms with E-state index >= 15 is 0 Å². The van der Waals surface area contributed by atoms with Gasteiger partial charge in [0.15, 0.2) is 0 Å². The normalized spacial score (nSPS) is 18.8. The van der Waals surface area contributed by atoms with Gasteiger partial charge in [-0.3, -0.25) is 0 Å². The molecule has 0 aliphatic rings. The molecule has 0 rings (SSSR count). The van der Waals surface area contributed by atoms with Gasteiger partial charge in [-0.05, 0) is 20.8 Å². The van der Waals surface area contributed by atoms with E-state index in [0.29, 0.717) is 0 Å². The Balaban J connectivity index is 0. The zero-order valence-corrected chi connectivity index (χ0v) is 7.75. The van der Waals surface area contributed by atoms with Crippen molar-refractivity contribution in [2.75, 3.05) is 0 Å². The summed E-state index contributed by atoms with van der Waals surface area (Å²) in [6.07, 6.45) is -2.50. The number of hydrogen-bond acceptors (Lipinski definition) is 4. The van der Waals surface area contributed by atoms with Crippen LogP contribution in [0.1, 0.15) is 20.8 Å². The first-order valence-corrected chi connectivity index (χ1v) is 3.28. The van der Waals surface area contributed by atoms with E-state index in [-0.39, 0.29) is 12.4 Å². The van der Waals surface area contributed by atoms with Crippen molar-refractivity contribution in [1.82, 2.24) is 4.90 Å². The highest BCUT2D eigenvalue weighted by molar-refractivity contribution is 5.85. The summed E-state index contributed by atoms with van der Waals surface area (Å²) < 4.78 is 0. The summed E-state index contributed by atoms with van der Waals surface area (Å²) in [7, 11) is 0. The van der Waals surface area contributed by atoms with Crippen molar-refractivity contribution in [2.24, 2.45) is 0 Å². The third-order valence-corrected chi connectivity index (χ3v) is 1.29. The standard InChI is InChI=1S/C6H15NO3.ClH/c1-4(8)7(5(2)9)6(3)10;/h4-6,8-10H,1-3H3;1H. The van der Waals surface area contributed by atoms with Crippen molar-refractivity contribution in [3.63, 3.8) is 0 Å². The number of aliphatic hydroxyl groups is 3. The summed E-state index contributed by atoms with van der Waals surface area (Å²) in [5.74, 6) is 0. The van der Waals surface area contributed by atoms with E-state index in [4.69, 9.17) is 15.3 Å². The maximum Gasteiger partial charge on any atom is 0.108 e. The van der Waals surface area contributed by atoms with Crippen LogP contribution in [0.3, 0.4) is 0 Å². The van der Waals surface area contributed by atoms with Gasteiger partial charge in [0.05, 0.1) is 0 Å². The van der Waals surface area contributed by atoms with Crippen LogP contribution in [0, 0.1) is 0 Å². The van der Waals surface area contributed by atoms with Gasteiger partial charge in [-0.1, -0.05) is 0 Å². The van der Waals surface area contributed by atoms with Crippen LogP contribution in [0.4, 0.5) is 0 Å². The van der Waals surface area contributed by atoms with Crippen molar-refractivity contribution < 1.29 is 15.3 Å². The Kier molecular flexibility index (Phi) is 7.15. The molecule has 0 saturated heterocycles. The quantitative estimate of drug-likeness (QED) is 0.530. The Morgan fingerprint density at radius 1 is 0.818 bits per heavy atom. The van der Waals surface area contributed by atoms with Crippen LogP contribution in [0.15, 0.2) is 0 Å². The van der Waals surface area contributed by atoms with Crippen molar-refractivity contribution >= 4 is 12.4 Å². The Morgan fingerprint density at radius 3 is 1.00 bits per heavy atom. The Hall–Kier alpha value is 0.130. The highest BCUT2D eigenvalue weighted by atomic mass is 35.5. The molecule has 0 amide bonds. The summed E-state index contributed by atoms with van der Waals surface area (Å²) in [5, 5.41) is 26.9. The SMILES string of the molecule is CC(O)N(C(C)O)C(C)O.Cl. The predicted molar refractivity (Wildman–Crippen MR) is 44.1 cm³/mol. The first-order valence-electron chi connectivity index (χ1n) is 3.28. The van der Waals surface area contributed by atoms with E-state index in [1.54, 1.807) is 0 Å². The van der Waals surface area contributed by atoms with E-state index in [1.807, 2.05) is 0 Å². The number of halogens is 1. The van der Waals surface area contributed by atoms with Crippen LogP contribution in [0.5, 0.6) is 0 Å². The van der Waals surface area contributed by atoms with Gasteiger partial charge >= 0.3 is 0 Å². The lowest BCUT2D eigenvalue weighted by molar-refractivity contribution is -0.159. The van der Waals surface area contributed by atoms with E-state index in [9.17, 15) is 0 Å². The van der Waals surface area contributed by atoms with Gasteiger partial charge in [0.1, 0.15) is 18.7 Å². The average molecular weight is 186 g/mol. The second-order valence-corrected chi connectivity index (χ2v) is 2.34.